The number of amides is 1. The molecule has 7 nitrogen and oxygen atoms in total. The number of ether oxygens (including phenoxy) is 1. The Morgan fingerprint density at radius 2 is 2.32 bits per heavy atom. The third-order valence-corrected chi connectivity index (χ3v) is 3.66. The second-order valence-corrected chi connectivity index (χ2v) is 5.55. The molecule has 22 heavy (non-hydrogen) atoms. The van der Waals surface area contributed by atoms with Crippen LogP contribution in [-0.4, -0.2) is 35.9 Å². The molecule has 0 aromatic rings. The van der Waals surface area contributed by atoms with Crippen LogP contribution < -0.4 is 5.32 Å². The van der Waals surface area contributed by atoms with Crippen molar-refractivity contribution in [3.8, 4) is 0 Å². The van der Waals surface area contributed by atoms with Crippen molar-refractivity contribution < 1.29 is 19.2 Å². The average Bonchev–Trinajstić information content (AvgIpc) is 2.51. The summed E-state index contributed by atoms with van der Waals surface area (Å²) in [7, 11) is 0. The number of aldehydes is 1. The normalized spacial score (nSPS) is 20.6. The first kappa shape index (κ1) is 18.2. The molecule has 120 valence electrons. The van der Waals surface area contributed by atoms with Crippen molar-refractivity contribution in [2.45, 2.75) is 24.9 Å². The van der Waals surface area contributed by atoms with Crippen molar-refractivity contribution in [1.82, 2.24) is 5.32 Å². The first-order valence-electron chi connectivity index (χ1n) is 6.68. The molecule has 0 bridgehead atoms. The van der Waals surface area contributed by atoms with Gasteiger partial charge in [0.2, 0.25) is 11.5 Å². The molecule has 1 rings (SSSR count). The van der Waals surface area contributed by atoms with Crippen LogP contribution in [0.3, 0.4) is 0 Å². The third kappa shape index (κ3) is 4.88. The zero-order valence-electron chi connectivity index (χ0n) is 11.9. The van der Waals surface area contributed by atoms with Gasteiger partial charge in [-0.2, -0.15) is 0 Å². The highest BCUT2D eigenvalue weighted by atomic mass is 79.9. The van der Waals surface area contributed by atoms with Crippen molar-refractivity contribution >= 4 is 28.1 Å². The van der Waals surface area contributed by atoms with Crippen LogP contribution in [0.5, 0.6) is 0 Å². The standard InChI is InChI=1S/C14H17BrN2O5/c1-2-13(19)16-7-3-4-8-22-14(10-18)6-5-11(15)9-12(14)17(20)21/h2,5,9-10H,1,3-4,6-8H2,(H,16,19). The molecule has 1 N–H and O–H groups in total. The van der Waals surface area contributed by atoms with E-state index in [9.17, 15) is 19.7 Å². The summed E-state index contributed by atoms with van der Waals surface area (Å²) in [6.07, 6.45) is 5.88. The lowest BCUT2D eigenvalue weighted by Crippen LogP contribution is -2.41. The topological polar surface area (TPSA) is 98.5 Å². The summed E-state index contributed by atoms with van der Waals surface area (Å²) < 4.78 is 6.05. The van der Waals surface area contributed by atoms with E-state index in [4.69, 9.17) is 4.74 Å². The van der Waals surface area contributed by atoms with E-state index in [1.807, 2.05) is 0 Å². The highest BCUT2D eigenvalue weighted by molar-refractivity contribution is 9.11. The number of carbonyl (C=O) groups is 2. The molecule has 1 amide bonds. The first-order valence-corrected chi connectivity index (χ1v) is 7.47. The molecule has 0 spiro atoms. The maximum absolute atomic E-state index is 11.4. The number of halogens is 1. The predicted molar refractivity (Wildman–Crippen MR) is 83.9 cm³/mol. The van der Waals surface area contributed by atoms with Gasteiger partial charge in [-0.3, -0.25) is 19.7 Å². The Kier molecular flexibility index (Phi) is 7.13. The minimum absolute atomic E-state index is 0.108. The molecule has 8 heteroatoms. The maximum atomic E-state index is 11.4. The van der Waals surface area contributed by atoms with Crippen molar-refractivity contribution in [2.24, 2.45) is 0 Å². The number of hydrogen-bond acceptors (Lipinski definition) is 5. The molecule has 0 aliphatic heterocycles. The monoisotopic (exact) mass is 372 g/mol. The summed E-state index contributed by atoms with van der Waals surface area (Å²) in [5.74, 6) is -0.258. The summed E-state index contributed by atoms with van der Waals surface area (Å²) >= 11 is 3.16. The number of nitrogens with zero attached hydrogens (tertiary/aromatic N) is 1. The number of nitrogens with one attached hydrogen (secondary N) is 1. The minimum atomic E-state index is -1.55. The molecule has 0 radical (unpaired) electrons. The zero-order chi connectivity index (χ0) is 16.6. The van der Waals surface area contributed by atoms with Crippen molar-refractivity contribution in [2.75, 3.05) is 13.2 Å². The number of nitro groups is 1. The highest BCUT2D eigenvalue weighted by Crippen LogP contribution is 2.32. The Labute approximate surface area is 136 Å². The van der Waals surface area contributed by atoms with Gasteiger partial charge >= 0.3 is 0 Å². The first-order chi connectivity index (χ1) is 10.4. The third-order valence-electron chi connectivity index (χ3n) is 3.11. The predicted octanol–water partition coefficient (Wildman–Crippen LogP) is 1.87. The molecule has 1 aliphatic carbocycles. The van der Waals surface area contributed by atoms with E-state index >= 15 is 0 Å². The molecule has 0 heterocycles. The number of rotatable bonds is 9. The van der Waals surface area contributed by atoms with Crippen LogP contribution in [0.2, 0.25) is 0 Å². The van der Waals surface area contributed by atoms with Gasteiger partial charge in [0, 0.05) is 30.1 Å². The summed E-state index contributed by atoms with van der Waals surface area (Å²) in [4.78, 5) is 32.8. The summed E-state index contributed by atoms with van der Waals surface area (Å²) in [6.45, 7) is 3.96. The van der Waals surface area contributed by atoms with Gasteiger partial charge in [-0.05, 0) is 18.9 Å². The minimum Gasteiger partial charge on any atom is -0.356 e. The number of unbranched alkanes of at least 4 members (excludes halogenated alkanes) is 1. The van der Waals surface area contributed by atoms with Crippen molar-refractivity contribution in [3.05, 3.63) is 45.1 Å². The fraction of sp³-hybridized carbons (Fsp3) is 0.429. The Balaban J connectivity index is 2.52. The zero-order valence-corrected chi connectivity index (χ0v) is 13.5. The van der Waals surface area contributed by atoms with Gasteiger partial charge in [0.25, 0.3) is 5.70 Å². The molecule has 0 aromatic heterocycles. The van der Waals surface area contributed by atoms with Gasteiger partial charge in [-0.15, -0.1) is 0 Å². The van der Waals surface area contributed by atoms with E-state index in [2.05, 4.69) is 27.8 Å². The van der Waals surface area contributed by atoms with Gasteiger partial charge in [0.15, 0.2) is 6.29 Å². The molecular weight excluding hydrogens is 356 g/mol. The van der Waals surface area contributed by atoms with Crippen LogP contribution in [0, 0.1) is 10.1 Å². The molecule has 1 unspecified atom stereocenters. The van der Waals surface area contributed by atoms with Gasteiger partial charge in [-0.1, -0.05) is 28.6 Å². The van der Waals surface area contributed by atoms with Gasteiger partial charge < -0.3 is 10.1 Å². The van der Waals surface area contributed by atoms with Crippen molar-refractivity contribution in [3.63, 3.8) is 0 Å². The van der Waals surface area contributed by atoms with Crippen LogP contribution in [-0.2, 0) is 14.3 Å². The lowest BCUT2D eigenvalue weighted by Gasteiger charge is -2.26. The van der Waals surface area contributed by atoms with Crippen LogP contribution >= 0.6 is 15.9 Å². The fourth-order valence-electron chi connectivity index (χ4n) is 1.91. The van der Waals surface area contributed by atoms with E-state index in [1.165, 1.54) is 12.2 Å². The van der Waals surface area contributed by atoms with E-state index in [0.717, 1.165) is 0 Å². The van der Waals surface area contributed by atoms with Gasteiger partial charge in [0.05, 0.1) is 4.92 Å². The van der Waals surface area contributed by atoms with Crippen LogP contribution in [0.15, 0.2) is 35.0 Å². The van der Waals surface area contributed by atoms with Crippen molar-refractivity contribution in [1.29, 1.82) is 0 Å². The number of hydrogen-bond donors (Lipinski definition) is 1. The molecular formula is C14H17BrN2O5. The lowest BCUT2D eigenvalue weighted by atomic mass is 9.93. The van der Waals surface area contributed by atoms with E-state index in [1.54, 1.807) is 6.08 Å². The van der Waals surface area contributed by atoms with E-state index < -0.39 is 10.5 Å². The smallest absolute Gasteiger partial charge is 0.286 e. The highest BCUT2D eigenvalue weighted by Gasteiger charge is 2.45. The summed E-state index contributed by atoms with van der Waals surface area (Å²) in [5, 5.41) is 13.7. The number of carbonyl (C=O) groups excluding carboxylic acids is 2. The summed E-state index contributed by atoms with van der Waals surface area (Å²) in [5.41, 5.74) is -1.83. The number of allylic oxidation sites excluding steroid dienone is 2. The Hall–Kier alpha value is -1.80. The van der Waals surface area contributed by atoms with Gasteiger partial charge in [-0.25, -0.2) is 0 Å². The Morgan fingerprint density at radius 3 is 2.91 bits per heavy atom. The molecule has 0 fully saturated rings. The van der Waals surface area contributed by atoms with E-state index in [0.29, 0.717) is 30.2 Å². The molecule has 0 saturated heterocycles. The average molecular weight is 373 g/mol. The molecule has 0 aromatic carbocycles. The Morgan fingerprint density at radius 1 is 1.59 bits per heavy atom. The maximum Gasteiger partial charge on any atom is 0.286 e. The van der Waals surface area contributed by atoms with Crippen LogP contribution in [0.1, 0.15) is 19.3 Å². The van der Waals surface area contributed by atoms with Gasteiger partial charge in [0.1, 0.15) is 0 Å². The Bertz CT molecular complexity index is 529. The van der Waals surface area contributed by atoms with Crippen LogP contribution in [0.4, 0.5) is 0 Å². The van der Waals surface area contributed by atoms with Crippen LogP contribution in [0.25, 0.3) is 0 Å². The lowest BCUT2D eigenvalue weighted by molar-refractivity contribution is -0.442. The largest absolute Gasteiger partial charge is 0.356 e. The quantitative estimate of drug-likeness (QED) is 0.219. The molecule has 0 saturated carbocycles. The second kappa shape index (κ2) is 8.60. The molecule has 1 aliphatic rings. The summed E-state index contributed by atoms with van der Waals surface area (Å²) in [6, 6.07) is 0. The molecule has 1 atom stereocenters. The second-order valence-electron chi connectivity index (χ2n) is 4.64. The SMILES string of the molecule is C=CC(=O)NCCCCOC1(C=O)CC=C(Br)C=C1[N+](=O)[O-]. The van der Waals surface area contributed by atoms with E-state index in [-0.39, 0.29) is 24.6 Å². The fourth-order valence-corrected chi connectivity index (χ4v) is 2.29.